The number of anilines is 1. The highest BCUT2D eigenvalue weighted by molar-refractivity contribution is 7.15. The second-order valence-corrected chi connectivity index (χ2v) is 8.18. The molecule has 0 saturated heterocycles. The largest absolute Gasteiger partial charge is 0.302 e. The van der Waals surface area contributed by atoms with E-state index in [1.807, 2.05) is 17.5 Å². The topological polar surface area (TPSA) is 78.7 Å². The Bertz CT molecular complexity index is 935. The van der Waals surface area contributed by atoms with Crippen LogP contribution in [0.25, 0.3) is 0 Å². The molecule has 0 fully saturated rings. The molecule has 2 aromatic heterocycles. The van der Waals surface area contributed by atoms with Crippen LogP contribution >= 0.6 is 22.7 Å². The molecule has 0 radical (unpaired) electrons. The van der Waals surface area contributed by atoms with E-state index in [9.17, 15) is 4.79 Å². The molecule has 132 valence electrons. The Balaban J connectivity index is 1.56. The van der Waals surface area contributed by atoms with Gasteiger partial charge in [0, 0.05) is 28.8 Å². The van der Waals surface area contributed by atoms with Gasteiger partial charge in [0.25, 0.3) is 0 Å². The summed E-state index contributed by atoms with van der Waals surface area (Å²) in [7, 11) is 0. The number of hydrogen-bond acceptors (Lipinski definition) is 6. The van der Waals surface area contributed by atoms with E-state index in [4.69, 9.17) is 5.26 Å². The number of carbonyl (C=O) groups excluding carboxylic acids is 1. The van der Waals surface area contributed by atoms with Gasteiger partial charge in [-0.3, -0.25) is 4.79 Å². The van der Waals surface area contributed by atoms with Crippen molar-refractivity contribution in [1.82, 2.24) is 9.97 Å². The molecule has 0 aliphatic heterocycles. The number of carbonyl (C=O) groups is 1. The minimum Gasteiger partial charge on any atom is -0.302 e. The Hall–Kier alpha value is -2.56. The molecule has 0 aliphatic carbocycles. The molecule has 3 aromatic rings. The summed E-state index contributed by atoms with van der Waals surface area (Å²) in [6.45, 7) is 4.18. The summed E-state index contributed by atoms with van der Waals surface area (Å²) >= 11 is 3.05. The van der Waals surface area contributed by atoms with E-state index in [1.165, 1.54) is 11.3 Å². The van der Waals surface area contributed by atoms with Crippen molar-refractivity contribution < 1.29 is 4.79 Å². The van der Waals surface area contributed by atoms with Crippen molar-refractivity contribution in [2.75, 3.05) is 5.32 Å². The number of aromatic nitrogens is 2. The van der Waals surface area contributed by atoms with E-state index in [2.05, 4.69) is 35.2 Å². The molecular weight excluding hydrogens is 364 g/mol. The van der Waals surface area contributed by atoms with Crippen LogP contribution < -0.4 is 5.32 Å². The van der Waals surface area contributed by atoms with Gasteiger partial charge >= 0.3 is 0 Å². The number of benzene rings is 1. The minimum absolute atomic E-state index is 0.107. The number of thiazole rings is 2. The Kier molecular flexibility index (Phi) is 5.76. The average molecular weight is 383 g/mol. The molecule has 0 atom stereocenters. The molecule has 0 unspecified atom stereocenters. The lowest BCUT2D eigenvalue weighted by molar-refractivity contribution is -0.115. The fourth-order valence-electron chi connectivity index (χ4n) is 2.34. The highest BCUT2D eigenvalue weighted by Gasteiger charge is 2.12. The van der Waals surface area contributed by atoms with Crippen LogP contribution in [0.4, 0.5) is 5.13 Å². The van der Waals surface area contributed by atoms with Gasteiger partial charge in [-0.05, 0) is 17.7 Å². The van der Waals surface area contributed by atoms with Crippen molar-refractivity contribution in [3.8, 4) is 6.07 Å². The molecule has 7 heteroatoms. The van der Waals surface area contributed by atoms with Crippen LogP contribution in [0.3, 0.4) is 0 Å². The summed E-state index contributed by atoms with van der Waals surface area (Å²) in [5.74, 6) is 0.269. The van der Waals surface area contributed by atoms with E-state index in [1.54, 1.807) is 29.7 Å². The van der Waals surface area contributed by atoms with Crippen LogP contribution in [0.15, 0.2) is 35.8 Å². The zero-order chi connectivity index (χ0) is 18.5. The molecule has 26 heavy (non-hydrogen) atoms. The molecule has 1 N–H and O–H groups in total. The zero-order valence-electron chi connectivity index (χ0n) is 14.5. The summed E-state index contributed by atoms with van der Waals surface area (Å²) in [5.41, 5.74) is 2.55. The van der Waals surface area contributed by atoms with Gasteiger partial charge in [-0.2, -0.15) is 5.26 Å². The van der Waals surface area contributed by atoms with Crippen molar-refractivity contribution in [3.63, 3.8) is 0 Å². The fourth-order valence-corrected chi connectivity index (χ4v) is 4.04. The Morgan fingerprint density at radius 1 is 1.31 bits per heavy atom. The predicted molar refractivity (Wildman–Crippen MR) is 105 cm³/mol. The monoisotopic (exact) mass is 382 g/mol. The van der Waals surface area contributed by atoms with Gasteiger partial charge in [0.15, 0.2) is 5.13 Å². The van der Waals surface area contributed by atoms with E-state index in [0.717, 1.165) is 27.6 Å². The minimum atomic E-state index is -0.107. The summed E-state index contributed by atoms with van der Waals surface area (Å²) in [5, 5.41) is 15.3. The van der Waals surface area contributed by atoms with Crippen molar-refractivity contribution >= 4 is 33.7 Å². The molecule has 5 nitrogen and oxygen atoms in total. The normalized spacial score (nSPS) is 10.7. The lowest BCUT2D eigenvalue weighted by Gasteiger charge is -2.00. The summed E-state index contributed by atoms with van der Waals surface area (Å²) in [6, 6.07) is 9.59. The lowest BCUT2D eigenvalue weighted by atomic mass is 10.1. The van der Waals surface area contributed by atoms with Crippen LogP contribution in [0.1, 0.15) is 46.5 Å². The molecule has 0 bridgehead atoms. The van der Waals surface area contributed by atoms with Crippen molar-refractivity contribution in [2.24, 2.45) is 0 Å². The van der Waals surface area contributed by atoms with Gasteiger partial charge in [0.2, 0.25) is 5.91 Å². The van der Waals surface area contributed by atoms with Gasteiger partial charge in [-0.1, -0.05) is 26.0 Å². The van der Waals surface area contributed by atoms with Crippen LogP contribution in [0, 0.1) is 11.3 Å². The van der Waals surface area contributed by atoms with Crippen LogP contribution in [0.2, 0.25) is 0 Å². The average Bonchev–Trinajstić information content (AvgIpc) is 3.25. The first kappa shape index (κ1) is 18.2. The van der Waals surface area contributed by atoms with Gasteiger partial charge in [0.05, 0.1) is 28.8 Å². The first-order valence-corrected chi connectivity index (χ1v) is 9.91. The SMILES string of the molecule is CC(C)c1nc(CC(=O)Nc2ncc(Cc3ccc(C#N)cc3)s2)cs1. The first-order valence-electron chi connectivity index (χ1n) is 8.21. The third-order valence-electron chi connectivity index (χ3n) is 3.67. The van der Waals surface area contributed by atoms with E-state index < -0.39 is 0 Å². The zero-order valence-corrected chi connectivity index (χ0v) is 16.2. The number of rotatable bonds is 6. The smallest absolute Gasteiger partial charge is 0.232 e. The van der Waals surface area contributed by atoms with Gasteiger partial charge in [-0.15, -0.1) is 22.7 Å². The molecule has 3 rings (SSSR count). The van der Waals surface area contributed by atoms with E-state index >= 15 is 0 Å². The number of nitrogens with one attached hydrogen (secondary N) is 1. The predicted octanol–water partition coefficient (Wildman–Crippen LogP) is 4.37. The molecule has 0 saturated carbocycles. The molecule has 1 amide bonds. The standard InChI is InChI=1S/C19H18N4OS2/c1-12(2)18-22-15(11-25-18)8-17(24)23-19-21-10-16(26-19)7-13-3-5-14(9-20)6-4-13/h3-6,10-12H,7-8H2,1-2H3,(H,21,23,24). The quantitative estimate of drug-likeness (QED) is 0.687. The summed E-state index contributed by atoms with van der Waals surface area (Å²) < 4.78 is 0. The summed E-state index contributed by atoms with van der Waals surface area (Å²) in [4.78, 5) is 22.0. The molecule has 2 heterocycles. The third kappa shape index (κ3) is 4.75. The maximum atomic E-state index is 12.2. The molecule has 1 aromatic carbocycles. The van der Waals surface area contributed by atoms with Crippen LogP contribution in [-0.2, 0) is 17.6 Å². The number of hydrogen-bond donors (Lipinski definition) is 1. The van der Waals surface area contributed by atoms with Gasteiger partial charge in [0.1, 0.15) is 0 Å². The number of nitrogens with zero attached hydrogens (tertiary/aromatic N) is 3. The second-order valence-electron chi connectivity index (χ2n) is 6.17. The molecule has 0 spiro atoms. The maximum Gasteiger partial charge on any atom is 0.232 e. The fraction of sp³-hybridized carbons (Fsp3) is 0.263. The maximum absolute atomic E-state index is 12.2. The van der Waals surface area contributed by atoms with E-state index in [0.29, 0.717) is 16.6 Å². The Labute approximate surface area is 160 Å². The number of amides is 1. The van der Waals surface area contributed by atoms with Crippen LogP contribution in [-0.4, -0.2) is 15.9 Å². The Morgan fingerprint density at radius 3 is 2.73 bits per heavy atom. The first-order chi connectivity index (χ1) is 12.5. The van der Waals surface area contributed by atoms with E-state index in [-0.39, 0.29) is 12.3 Å². The highest BCUT2D eigenvalue weighted by Crippen LogP contribution is 2.22. The van der Waals surface area contributed by atoms with Crippen molar-refractivity contribution in [2.45, 2.75) is 32.6 Å². The number of nitriles is 1. The van der Waals surface area contributed by atoms with Gasteiger partial charge in [-0.25, -0.2) is 9.97 Å². The Morgan fingerprint density at radius 2 is 2.08 bits per heavy atom. The van der Waals surface area contributed by atoms with Crippen LogP contribution in [0.5, 0.6) is 0 Å². The van der Waals surface area contributed by atoms with Crippen molar-refractivity contribution in [1.29, 1.82) is 5.26 Å². The second kappa shape index (κ2) is 8.21. The third-order valence-corrected chi connectivity index (χ3v) is 5.77. The van der Waals surface area contributed by atoms with Crippen molar-refractivity contribution in [3.05, 3.63) is 62.5 Å². The lowest BCUT2D eigenvalue weighted by Crippen LogP contribution is -2.14. The summed E-state index contributed by atoms with van der Waals surface area (Å²) in [6.07, 6.45) is 2.76. The van der Waals surface area contributed by atoms with Gasteiger partial charge < -0.3 is 5.32 Å². The highest BCUT2D eigenvalue weighted by atomic mass is 32.1. The molecular formula is C19H18N4OS2. The molecule has 0 aliphatic rings.